The van der Waals surface area contributed by atoms with Gasteiger partial charge in [-0.25, -0.2) is 0 Å². The van der Waals surface area contributed by atoms with Gasteiger partial charge < -0.3 is 14.6 Å². The van der Waals surface area contributed by atoms with E-state index in [4.69, 9.17) is 16.3 Å². The number of hydrogen-bond donors (Lipinski definition) is 1. The molecule has 0 aliphatic heterocycles. The number of carbonyl (C=O) groups excluding carboxylic acids is 1. The van der Waals surface area contributed by atoms with E-state index in [0.717, 1.165) is 11.3 Å². The SMILES string of the molecule is CC(C)c1ccc(OCc2nnc(SCC(=O)NCc3ccc(Cl)cc3)n2C)cc1. The van der Waals surface area contributed by atoms with Gasteiger partial charge in [-0.05, 0) is 41.3 Å². The van der Waals surface area contributed by atoms with Gasteiger partial charge in [-0.15, -0.1) is 10.2 Å². The second-order valence-electron chi connectivity index (χ2n) is 7.16. The molecule has 0 atom stereocenters. The van der Waals surface area contributed by atoms with E-state index in [1.165, 1.54) is 17.3 Å². The van der Waals surface area contributed by atoms with Crippen molar-refractivity contribution in [3.63, 3.8) is 0 Å². The van der Waals surface area contributed by atoms with Gasteiger partial charge in [0, 0.05) is 18.6 Å². The fourth-order valence-corrected chi connectivity index (χ4v) is 3.56. The highest BCUT2D eigenvalue weighted by molar-refractivity contribution is 7.99. The van der Waals surface area contributed by atoms with Crippen molar-refractivity contribution < 1.29 is 9.53 Å². The number of hydrogen-bond acceptors (Lipinski definition) is 5. The lowest BCUT2D eigenvalue weighted by atomic mass is 10.0. The van der Waals surface area contributed by atoms with E-state index in [1.54, 1.807) is 12.1 Å². The molecule has 0 spiro atoms. The van der Waals surface area contributed by atoms with E-state index < -0.39 is 0 Å². The molecule has 0 fully saturated rings. The van der Waals surface area contributed by atoms with Crippen molar-refractivity contribution in [2.24, 2.45) is 7.05 Å². The largest absolute Gasteiger partial charge is 0.486 e. The van der Waals surface area contributed by atoms with Crippen LogP contribution in [0.5, 0.6) is 5.75 Å². The minimum atomic E-state index is -0.0685. The van der Waals surface area contributed by atoms with E-state index in [9.17, 15) is 4.79 Å². The van der Waals surface area contributed by atoms with Crippen LogP contribution in [0.25, 0.3) is 0 Å². The summed E-state index contributed by atoms with van der Waals surface area (Å²) in [5.41, 5.74) is 2.27. The number of thioether (sulfide) groups is 1. The van der Waals surface area contributed by atoms with E-state index in [0.29, 0.717) is 35.1 Å². The zero-order chi connectivity index (χ0) is 21.5. The molecule has 1 aromatic heterocycles. The van der Waals surface area contributed by atoms with Crippen LogP contribution in [0.3, 0.4) is 0 Å². The van der Waals surface area contributed by atoms with Crippen molar-refractivity contribution in [1.29, 1.82) is 0 Å². The van der Waals surface area contributed by atoms with Gasteiger partial charge in [-0.1, -0.05) is 61.5 Å². The summed E-state index contributed by atoms with van der Waals surface area (Å²) in [6, 6.07) is 15.5. The highest BCUT2D eigenvalue weighted by atomic mass is 35.5. The van der Waals surface area contributed by atoms with E-state index in [1.807, 2.05) is 35.9 Å². The van der Waals surface area contributed by atoms with Crippen LogP contribution in [-0.2, 0) is 25.0 Å². The maximum absolute atomic E-state index is 12.1. The Kier molecular flexibility index (Phi) is 7.76. The number of amides is 1. The van der Waals surface area contributed by atoms with Gasteiger partial charge in [0.15, 0.2) is 11.0 Å². The number of nitrogens with one attached hydrogen (secondary N) is 1. The first-order valence-electron chi connectivity index (χ1n) is 9.67. The molecule has 0 bridgehead atoms. The lowest BCUT2D eigenvalue weighted by molar-refractivity contribution is -0.118. The average molecular weight is 445 g/mol. The molecule has 1 N–H and O–H groups in total. The molecule has 0 radical (unpaired) electrons. The number of nitrogens with zero attached hydrogens (tertiary/aromatic N) is 3. The third-order valence-corrected chi connectivity index (χ3v) is 5.85. The van der Waals surface area contributed by atoms with Crippen LogP contribution in [0.1, 0.15) is 36.7 Å². The average Bonchev–Trinajstić information content (AvgIpc) is 3.10. The van der Waals surface area contributed by atoms with Crippen LogP contribution < -0.4 is 10.1 Å². The molecule has 0 unspecified atom stereocenters. The highest BCUT2D eigenvalue weighted by Gasteiger charge is 2.12. The molecule has 0 saturated heterocycles. The maximum atomic E-state index is 12.1. The Bertz CT molecular complexity index is 972. The summed E-state index contributed by atoms with van der Waals surface area (Å²) in [4.78, 5) is 12.1. The van der Waals surface area contributed by atoms with Gasteiger partial charge in [0.25, 0.3) is 0 Å². The molecule has 3 rings (SSSR count). The van der Waals surface area contributed by atoms with E-state index >= 15 is 0 Å². The predicted octanol–water partition coefficient (Wildman–Crippen LogP) is 4.58. The summed E-state index contributed by atoms with van der Waals surface area (Å²) in [5, 5.41) is 12.6. The zero-order valence-electron chi connectivity index (χ0n) is 17.3. The third kappa shape index (κ3) is 6.24. The van der Waals surface area contributed by atoms with Gasteiger partial charge in [0.1, 0.15) is 12.4 Å². The summed E-state index contributed by atoms with van der Waals surface area (Å²) in [6.45, 7) is 5.09. The molecule has 1 amide bonds. The maximum Gasteiger partial charge on any atom is 0.230 e. The minimum Gasteiger partial charge on any atom is -0.486 e. The van der Waals surface area contributed by atoms with Crippen molar-refractivity contribution >= 4 is 29.3 Å². The quantitative estimate of drug-likeness (QED) is 0.489. The van der Waals surface area contributed by atoms with Crippen LogP contribution >= 0.6 is 23.4 Å². The van der Waals surface area contributed by atoms with Crippen LogP contribution in [0, 0.1) is 0 Å². The topological polar surface area (TPSA) is 69.0 Å². The standard InChI is InChI=1S/C22H25ClN4O2S/c1-15(2)17-6-10-19(11-7-17)29-13-20-25-26-22(27(20)3)30-14-21(28)24-12-16-4-8-18(23)9-5-16/h4-11,15H,12-14H2,1-3H3,(H,24,28). The van der Waals surface area contributed by atoms with Gasteiger partial charge in [-0.3, -0.25) is 4.79 Å². The molecule has 3 aromatic rings. The summed E-state index contributed by atoms with van der Waals surface area (Å²) in [7, 11) is 1.87. The van der Waals surface area contributed by atoms with E-state index in [2.05, 4.69) is 41.5 Å². The summed E-state index contributed by atoms with van der Waals surface area (Å²) in [5.74, 6) is 2.17. The summed E-state index contributed by atoms with van der Waals surface area (Å²) in [6.07, 6.45) is 0. The predicted molar refractivity (Wildman–Crippen MR) is 120 cm³/mol. The number of rotatable bonds is 9. The first-order chi connectivity index (χ1) is 14.4. The summed E-state index contributed by atoms with van der Waals surface area (Å²) >= 11 is 7.21. The van der Waals surface area contributed by atoms with Crippen LogP contribution in [0.15, 0.2) is 53.7 Å². The summed E-state index contributed by atoms with van der Waals surface area (Å²) < 4.78 is 7.67. The Hall–Kier alpha value is -2.51. The normalized spacial score (nSPS) is 11.0. The molecule has 2 aromatic carbocycles. The molecular formula is C22H25ClN4O2S. The number of aromatic nitrogens is 3. The number of halogens is 1. The highest BCUT2D eigenvalue weighted by Crippen LogP contribution is 2.20. The molecule has 30 heavy (non-hydrogen) atoms. The lowest BCUT2D eigenvalue weighted by Gasteiger charge is -2.09. The van der Waals surface area contributed by atoms with Crippen molar-refractivity contribution in [2.45, 2.75) is 38.1 Å². The Labute approximate surface area is 186 Å². The number of carbonyl (C=O) groups is 1. The smallest absolute Gasteiger partial charge is 0.230 e. The van der Waals surface area contributed by atoms with Gasteiger partial charge >= 0.3 is 0 Å². The fraction of sp³-hybridized carbons (Fsp3) is 0.318. The molecule has 6 nitrogen and oxygen atoms in total. The molecule has 0 aliphatic rings. The monoisotopic (exact) mass is 444 g/mol. The van der Waals surface area contributed by atoms with Gasteiger partial charge in [-0.2, -0.15) is 0 Å². The van der Waals surface area contributed by atoms with Crippen molar-refractivity contribution in [2.75, 3.05) is 5.75 Å². The van der Waals surface area contributed by atoms with E-state index in [-0.39, 0.29) is 11.7 Å². The third-order valence-electron chi connectivity index (χ3n) is 4.58. The van der Waals surface area contributed by atoms with Crippen LogP contribution in [0.2, 0.25) is 5.02 Å². The number of ether oxygens (including phenoxy) is 1. The molecule has 0 saturated carbocycles. The Morgan fingerprint density at radius 2 is 1.83 bits per heavy atom. The zero-order valence-corrected chi connectivity index (χ0v) is 18.8. The molecule has 0 aliphatic carbocycles. The lowest BCUT2D eigenvalue weighted by Crippen LogP contribution is -2.24. The Balaban J connectivity index is 1.46. The second-order valence-corrected chi connectivity index (χ2v) is 8.54. The minimum absolute atomic E-state index is 0.0685. The van der Waals surface area contributed by atoms with Crippen molar-refractivity contribution in [1.82, 2.24) is 20.1 Å². The van der Waals surface area contributed by atoms with Gasteiger partial charge in [0.05, 0.1) is 5.75 Å². The first kappa shape index (κ1) is 22.2. The van der Waals surface area contributed by atoms with Crippen molar-refractivity contribution in [3.05, 3.63) is 70.5 Å². The second kappa shape index (κ2) is 10.5. The first-order valence-corrected chi connectivity index (χ1v) is 11.0. The molecule has 8 heteroatoms. The molecule has 158 valence electrons. The molecule has 1 heterocycles. The Morgan fingerprint density at radius 1 is 1.13 bits per heavy atom. The van der Waals surface area contributed by atoms with Crippen LogP contribution in [0.4, 0.5) is 0 Å². The fourth-order valence-electron chi connectivity index (χ4n) is 2.68. The number of benzene rings is 2. The Morgan fingerprint density at radius 3 is 2.50 bits per heavy atom. The van der Waals surface area contributed by atoms with Gasteiger partial charge in [0.2, 0.25) is 5.91 Å². The van der Waals surface area contributed by atoms with Crippen LogP contribution in [-0.4, -0.2) is 26.4 Å². The molecular weight excluding hydrogens is 420 g/mol. The van der Waals surface area contributed by atoms with Crippen molar-refractivity contribution in [3.8, 4) is 5.75 Å².